The van der Waals surface area contributed by atoms with Crippen molar-refractivity contribution in [2.24, 2.45) is 0 Å². The summed E-state index contributed by atoms with van der Waals surface area (Å²) in [5, 5.41) is 15.0. The molecule has 3 aromatic rings. The molecule has 1 amide bonds. The van der Waals surface area contributed by atoms with Gasteiger partial charge in [-0.1, -0.05) is 23.7 Å². The first-order valence-corrected chi connectivity index (χ1v) is 8.35. The lowest BCUT2D eigenvalue weighted by molar-refractivity contribution is -0.614. The molecule has 1 heterocycles. The van der Waals surface area contributed by atoms with Crippen molar-refractivity contribution < 1.29 is 14.3 Å². The zero-order valence-electron chi connectivity index (χ0n) is 14.1. The highest BCUT2D eigenvalue weighted by Crippen LogP contribution is 2.32. The summed E-state index contributed by atoms with van der Waals surface area (Å²) >= 11 is 6.01. The molecule has 0 aliphatic rings. The molecular weight excluding hydrogens is 352 g/mol. The average molecular weight is 369 g/mol. The Hall–Kier alpha value is -3.05. The number of aromatic nitrogens is 1. The minimum atomic E-state index is -0.261. The molecule has 0 radical (unpaired) electrons. The summed E-state index contributed by atoms with van der Waals surface area (Å²) in [7, 11) is 1.57. The molecule has 6 heteroatoms. The van der Waals surface area contributed by atoms with Gasteiger partial charge >= 0.3 is 0 Å². The minimum absolute atomic E-state index is 0.150. The summed E-state index contributed by atoms with van der Waals surface area (Å²) in [6.07, 6.45) is 1.40. The Morgan fingerprint density at radius 2 is 2.00 bits per heavy atom. The maximum atomic E-state index is 12.4. The first-order valence-electron chi connectivity index (χ1n) is 7.98. The van der Waals surface area contributed by atoms with Gasteiger partial charge in [-0.2, -0.15) is 4.73 Å². The van der Waals surface area contributed by atoms with Gasteiger partial charge in [-0.05, 0) is 42.0 Å². The van der Waals surface area contributed by atoms with E-state index in [1.165, 1.54) is 6.20 Å². The van der Waals surface area contributed by atoms with Crippen LogP contribution in [0.15, 0.2) is 66.9 Å². The number of methoxy groups -OCH3 is 1. The molecule has 3 rings (SSSR count). The fourth-order valence-electron chi connectivity index (χ4n) is 2.60. The van der Waals surface area contributed by atoms with E-state index in [4.69, 9.17) is 16.3 Å². The Kier molecular flexibility index (Phi) is 5.39. The van der Waals surface area contributed by atoms with Crippen LogP contribution in [0.2, 0.25) is 5.02 Å². The average Bonchev–Trinajstić information content (AvgIpc) is 2.67. The van der Waals surface area contributed by atoms with Gasteiger partial charge in [0.15, 0.2) is 6.20 Å². The van der Waals surface area contributed by atoms with E-state index >= 15 is 0 Å². The van der Waals surface area contributed by atoms with Gasteiger partial charge in [-0.3, -0.25) is 4.79 Å². The second kappa shape index (κ2) is 7.89. The second-order valence-electron chi connectivity index (χ2n) is 5.63. The number of hydrogen-bond acceptors (Lipinski definition) is 3. The summed E-state index contributed by atoms with van der Waals surface area (Å²) in [5.74, 6) is 0.371. The molecule has 26 heavy (non-hydrogen) atoms. The van der Waals surface area contributed by atoms with E-state index in [0.717, 1.165) is 15.9 Å². The number of nitrogens with one attached hydrogen (secondary N) is 1. The molecular formula is C20H17ClN2O3. The predicted molar refractivity (Wildman–Crippen MR) is 100 cm³/mol. The van der Waals surface area contributed by atoms with E-state index in [9.17, 15) is 10.0 Å². The number of amides is 1. The van der Waals surface area contributed by atoms with Gasteiger partial charge in [0.2, 0.25) is 5.69 Å². The molecule has 0 spiro atoms. The molecule has 0 aliphatic carbocycles. The molecule has 0 unspecified atom stereocenters. The van der Waals surface area contributed by atoms with Crippen molar-refractivity contribution >= 4 is 17.5 Å². The number of halogens is 1. The Bertz CT molecular complexity index is 944. The largest absolute Gasteiger partial charge is 0.618 e. The Morgan fingerprint density at radius 1 is 1.15 bits per heavy atom. The van der Waals surface area contributed by atoms with Crippen LogP contribution in [0.1, 0.15) is 16.1 Å². The Morgan fingerprint density at radius 3 is 2.77 bits per heavy atom. The summed E-state index contributed by atoms with van der Waals surface area (Å²) < 4.78 is 6.11. The van der Waals surface area contributed by atoms with Crippen LogP contribution >= 0.6 is 11.6 Å². The van der Waals surface area contributed by atoms with E-state index in [1.54, 1.807) is 55.6 Å². The van der Waals surface area contributed by atoms with E-state index < -0.39 is 0 Å². The van der Waals surface area contributed by atoms with Gasteiger partial charge in [0.25, 0.3) is 5.91 Å². The van der Waals surface area contributed by atoms with Crippen LogP contribution in [0.4, 0.5) is 0 Å². The second-order valence-corrected chi connectivity index (χ2v) is 6.06. The number of hydrogen-bond donors (Lipinski definition) is 1. The highest BCUT2D eigenvalue weighted by atomic mass is 35.5. The lowest BCUT2D eigenvalue weighted by atomic mass is 10.0. The summed E-state index contributed by atoms with van der Waals surface area (Å²) in [6.45, 7) is 0.150. The van der Waals surface area contributed by atoms with Crippen molar-refractivity contribution in [3.05, 3.63) is 88.3 Å². The quantitative estimate of drug-likeness (QED) is 0.553. The third kappa shape index (κ3) is 3.95. The molecule has 0 saturated carbocycles. The molecule has 1 aromatic heterocycles. The molecule has 0 fully saturated rings. The van der Waals surface area contributed by atoms with Crippen LogP contribution in [0, 0.1) is 5.21 Å². The third-order valence-corrected chi connectivity index (χ3v) is 4.17. The maximum Gasteiger partial charge on any atom is 0.251 e. The van der Waals surface area contributed by atoms with Gasteiger partial charge in [0.05, 0.1) is 7.11 Å². The van der Waals surface area contributed by atoms with Gasteiger partial charge in [0.1, 0.15) is 12.3 Å². The van der Waals surface area contributed by atoms with Gasteiger partial charge in [-0.15, -0.1) is 0 Å². The van der Waals surface area contributed by atoms with E-state index in [-0.39, 0.29) is 12.5 Å². The lowest BCUT2D eigenvalue weighted by Crippen LogP contribution is -2.35. The van der Waals surface area contributed by atoms with Crippen molar-refractivity contribution in [3.8, 4) is 16.9 Å². The molecule has 0 bridgehead atoms. The fourth-order valence-corrected chi connectivity index (χ4v) is 2.77. The molecule has 2 aromatic carbocycles. The monoisotopic (exact) mass is 368 g/mol. The third-order valence-electron chi connectivity index (χ3n) is 3.93. The van der Waals surface area contributed by atoms with E-state index in [1.807, 2.05) is 12.1 Å². The molecule has 0 atom stereocenters. The number of pyridine rings is 1. The lowest BCUT2D eigenvalue weighted by Gasteiger charge is -2.11. The molecule has 5 nitrogen and oxygen atoms in total. The summed E-state index contributed by atoms with van der Waals surface area (Å²) in [5.41, 5.74) is 2.64. The highest BCUT2D eigenvalue weighted by molar-refractivity contribution is 6.30. The fraction of sp³-hybridized carbons (Fsp3) is 0.100. The minimum Gasteiger partial charge on any atom is -0.618 e. The summed E-state index contributed by atoms with van der Waals surface area (Å²) in [4.78, 5) is 12.4. The first kappa shape index (κ1) is 17.8. The van der Waals surface area contributed by atoms with Crippen molar-refractivity contribution in [1.29, 1.82) is 0 Å². The van der Waals surface area contributed by atoms with Crippen molar-refractivity contribution in [3.63, 3.8) is 0 Å². The van der Waals surface area contributed by atoms with Crippen LogP contribution < -0.4 is 14.8 Å². The van der Waals surface area contributed by atoms with Gasteiger partial charge in [0, 0.05) is 28.3 Å². The maximum absolute atomic E-state index is 12.4. The van der Waals surface area contributed by atoms with Crippen LogP contribution in [0.5, 0.6) is 5.75 Å². The van der Waals surface area contributed by atoms with Crippen LogP contribution in [-0.2, 0) is 6.54 Å². The standard InChI is InChI=1S/C20H17ClN2O3/c1-26-19-12-16(21)8-9-18(19)14-5-4-6-15(11-14)20(24)22-13-17-7-2-3-10-23(17)25/h2-12H,13H2,1H3,(H,22,24). The normalized spacial score (nSPS) is 10.4. The molecule has 1 N–H and O–H groups in total. The van der Waals surface area contributed by atoms with Crippen molar-refractivity contribution in [2.75, 3.05) is 7.11 Å². The van der Waals surface area contributed by atoms with E-state index in [2.05, 4.69) is 5.32 Å². The van der Waals surface area contributed by atoms with Crippen LogP contribution in [0.3, 0.4) is 0 Å². The van der Waals surface area contributed by atoms with Crippen molar-refractivity contribution in [1.82, 2.24) is 5.32 Å². The SMILES string of the molecule is COc1cc(Cl)ccc1-c1cccc(C(=O)NCc2cccc[n+]2[O-])c1. The predicted octanol–water partition coefficient (Wildman–Crippen LogP) is 3.58. The van der Waals surface area contributed by atoms with Gasteiger partial charge < -0.3 is 15.3 Å². The Labute approximate surface area is 156 Å². The van der Waals surface area contributed by atoms with Crippen molar-refractivity contribution in [2.45, 2.75) is 6.54 Å². The number of ether oxygens (including phenoxy) is 1. The molecule has 0 saturated heterocycles. The zero-order chi connectivity index (χ0) is 18.5. The van der Waals surface area contributed by atoms with E-state index in [0.29, 0.717) is 22.0 Å². The molecule has 0 aliphatic heterocycles. The highest BCUT2D eigenvalue weighted by Gasteiger charge is 2.12. The number of carbonyl (C=O) groups excluding carboxylic acids is 1. The number of rotatable bonds is 5. The Balaban J connectivity index is 1.81. The smallest absolute Gasteiger partial charge is 0.251 e. The first-order chi connectivity index (χ1) is 12.6. The van der Waals surface area contributed by atoms with Gasteiger partial charge in [-0.25, -0.2) is 0 Å². The number of nitrogens with zero attached hydrogens (tertiary/aromatic N) is 1. The number of benzene rings is 2. The number of carbonyl (C=O) groups is 1. The molecule has 132 valence electrons. The van der Waals surface area contributed by atoms with Crippen LogP contribution in [0.25, 0.3) is 11.1 Å². The van der Waals surface area contributed by atoms with Crippen LogP contribution in [-0.4, -0.2) is 13.0 Å². The zero-order valence-corrected chi connectivity index (χ0v) is 14.9. The summed E-state index contributed by atoms with van der Waals surface area (Å²) in [6, 6.07) is 17.6. The topological polar surface area (TPSA) is 65.3 Å².